The molecule has 4 rings (SSSR count). The van der Waals surface area contributed by atoms with E-state index in [1.54, 1.807) is 29.8 Å². The van der Waals surface area contributed by atoms with Crippen molar-refractivity contribution in [2.45, 2.75) is 31.2 Å². The zero-order chi connectivity index (χ0) is 26.4. The van der Waals surface area contributed by atoms with Gasteiger partial charge >= 0.3 is 0 Å². The molecule has 0 unspecified atom stereocenters. The average molecular weight is 580 g/mol. The van der Waals surface area contributed by atoms with Crippen LogP contribution in [-0.4, -0.2) is 44.5 Å². The van der Waals surface area contributed by atoms with Crippen LogP contribution in [0, 0.1) is 9.77 Å². The number of nitrogens with one attached hydrogen (secondary N) is 1. The Morgan fingerprint density at radius 3 is 2.81 bits per heavy atom. The highest BCUT2D eigenvalue weighted by Gasteiger charge is 2.14. The van der Waals surface area contributed by atoms with E-state index in [1.807, 2.05) is 6.92 Å². The van der Waals surface area contributed by atoms with Gasteiger partial charge in [0.2, 0.25) is 0 Å². The highest BCUT2D eigenvalue weighted by molar-refractivity contribution is 8.01. The first-order valence-electron chi connectivity index (χ1n) is 11.3. The summed E-state index contributed by atoms with van der Waals surface area (Å²) in [4.78, 5) is 19.9. The third-order valence-corrected chi connectivity index (χ3v) is 7.74. The van der Waals surface area contributed by atoms with Gasteiger partial charge in [-0.3, -0.25) is 4.79 Å². The van der Waals surface area contributed by atoms with Crippen molar-refractivity contribution < 1.29 is 18.7 Å². The van der Waals surface area contributed by atoms with E-state index in [4.69, 9.17) is 33.3 Å². The Kier molecular flexibility index (Phi) is 9.30. The maximum Gasteiger partial charge on any atom is 0.180 e. The SMILES string of the molecule is CCOc1cc2ncnc(Nc3ccc(F)c(Cl)c3)c2cc1OCCn1nc(SCCC(C)=O)sc1=S. The maximum atomic E-state index is 13.6. The number of ketones is 1. The summed E-state index contributed by atoms with van der Waals surface area (Å²) in [5.41, 5.74) is 1.23. The molecule has 0 spiro atoms. The number of thioether (sulfide) groups is 1. The van der Waals surface area contributed by atoms with E-state index in [2.05, 4.69) is 20.4 Å². The smallest absolute Gasteiger partial charge is 0.180 e. The number of halogens is 2. The molecule has 0 aliphatic heterocycles. The first kappa shape index (κ1) is 27.2. The molecule has 0 fully saturated rings. The van der Waals surface area contributed by atoms with Gasteiger partial charge in [0.05, 0.1) is 23.7 Å². The highest BCUT2D eigenvalue weighted by Crippen LogP contribution is 2.35. The lowest BCUT2D eigenvalue weighted by atomic mass is 10.2. The van der Waals surface area contributed by atoms with Gasteiger partial charge < -0.3 is 14.8 Å². The second kappa shape index (κ2) is 12.6. The molecule has 0 aliphatic carbocycles. The molecule has 4 aromatic rings. The van der Waals surface area contributed by atoms with Gasteiger partial charge in [-0.05, 0) is 50.3 Å². The van der Waals surface area contributed by atoms with Crippen molar-refractivity contribution in [2.24, 2.45) is 0 Å². The van der Waals surface area contributed by atoms with Gasteiger partial charge in [0, 0.05) is 29.3 Å². The number of rotatable bonds is 12. The van der Waals surface area contributed by atoms with Gasteiger partial charge in [0.15, 0.2) is 19.8 Å². The molecule has 0 atom stereocenters. The zero-order valence-electron chi connectivity index (χ0n) is 20.0. The molecule has 2 aromatic carbocycles. The number of Topliss-reactive ketones (excluding diaryl/α,β-unsaturated/α-hetero) is 1. The summed E-state index contributed by atoms with van der Waals surface area (Å²) in [5.74, 6) is 1.89. The number of carbonyl (C=O) groups is 1. The molecule has 0 aliphatic rings. The third-order valence-electron chi connectivity index (χ3n) is 5.01. The van der Waals surface area contributed by atoms with E-state index in [0.717, 1.165) is 4.34 Å². The van der Waals surface area contributed by atoms with Gasteiger partial charge in [-0.1, -0.05) is 34.7 Å². The van der Waals surface area contributed by atoms with Crippen molar-refractivity contribution in [3.05, 3.63) is 51.5 Å². The topological polar surface area (TPSA) is 91.2 Å². The summed E-state index contributed by atoms with van der Waals surface area (Å²) < 4.78 is 28.6. The predicted octanol–water partition coefficient (Wildman–Crippen LogP) is 6.70. The monoisotopic (exact) mass is 579 g/mol. The Labute approximate surface area is 231 Å². The van der Waals surface area contributed by atoms with Crippen LogP contribution in [0.3, 0.4) is 0 Å². The molecular weight excluding hydrogens is 557 g/mol. The van der Waals surface area contributed by atoms with Gasteiger partial charge in [-0.15, -0.1) is 0 Å². The Morgan fingerprint density at radius 2 is 2.05 bits per heavy atom. The van der Waals surface area contributed by atoms with Crippen molar-refractivity contribution in [3.63, 3.8) is 0 Å². The molecule has 0 bridgehead atoms. The van der Waals surface area contributed by atoms with E-state index in [0.29, 0.717) is 69.8 Å². The van der Waals surface area contributed by atoms with Crippen LogP contribution in [0.1, 0.15) is 20.3 Å². The molecule has 2 heterocycles. The standard InChI is InChI=1S/C24H23ClFN5O3S3/c1-3-33-21-12-19-16(22(28-13-27-19)29-15-4-5-18(26)17(25)10-15)11-20(21)34-8-7-31-24(35)37-23(30-31)36-9-6-14(2)32/h4-5,10-13H,3,6-9H2,1-2H3,(H,27,28,29). The lowest BCUT2D eigenvalue weighted by molar-refractivity contribution is -0.116. The summed E-state index contributed by atoms with van der Waals surface area (Å²) in [5, 5.41) is 8.38. The number of nitrogens with zero attached hydrogens (tertiary/aromatic N) is 4. The van der Waals surface area contributed by atoms with Crippen molar-refractivity contribution in [2.75, 3.05) is 24.3 Å². The molecule has 194 valence electrons. The quantitative estimate of drug-likeness (QED) is 0.145. The van der Waals surface area contributed by atoms with Crippen LogP contribution in [0.15, 0.2) is 41.0 Å². The van der Waals surface area contributed by atoms with Crippen molar-refractivity contribution in [1.82, 2.24) is 19.7 Å². The number of benzene rings is 2. The number of fused-ring (bicyclic) bond motifs is 1. The molecule has 1 N–H and O–H groups in total. The van der Waals surface area contributed by atoms with Crippen LogP contribution in [0.5, 0.6) is 11.5 Å². The second-order valence-electron chi connectivity index (χ2n) is 7.73. The van der Waals surface area contributed by atoms with Crippen LogP contribution in [0.4, 0.5) is 15.9 Å². The molecule has 37 heavy (non-hydrogen) atoms. The molecular formula is C24H23ClFN5O3S3. The first-order valence-corrected chi connectivity index (χ1v) is 13.9. The lowest BCUT2D eigenvalue weighted by Gasteiger charge is -2.15. The zero-order valence-corrected chi connectivity index (χ0v) is 23.2. The Balaban J connectivity index is 1.52. The number of hydrogen-bond acceptors (Lipinski definition) is 10. The van der Waals surface area contributed by atoms with E-state index >= 15 is 0 Å². The maximum absolute atomic E-state index is 13.6. The van der Waals surface area contributed by atoms with Crippen molar-refractivity contribution in [1.29, 1.82) is 0 Å². The molecule has 0 saturated heterocycles. The summed E-state index contributed by atoms with van der Waals surface area (Å²) in [6, 6.07) is 7.94. The van der Waals surface area contributed by atoms with E-state index in [-0.39, 0.29) is 10.8 Å². The van der Waals surface area contributed by atoms with Crippen LogP contribution < -0.4 is 14.8 Å². The Bertz CT molecular complexity index is 1480. The minimum atomic E-state index is -0.501. The number of anilines is 2. The molecule has 0 amide bonds. The molecule has 2 aromatic heterocycles. The number of carbonyl (C=O) groups excluding carboxylic acids is 1. The number of ether oxygens (including phenoxy) is 2. The summed E-state index contributed by atoms with van der Waals surface area (Å²) in [6.07, 6.45) is 1.93. The minimum Gasteiger partial charge on any atom is -0.490 e. The lowest BCUT2D eigenvalue weighted by Crippen LogP contribution is -2.10. The summed E-state index contributed by atoms with van der Waals surface area (Å²) in [6.45, 7) is 4.65. The normalized spacial score (nSPS) is 11.0. The fraction of sp³-hybridized carbons (Fsp3) is 0.292. The van der Waals surface area contributed by atoms with Crippen LogP contribution in [-0.2, 0) is 11.3 Å². The van der Waals surface area contributed by atoms with E-state index < -0.39 is 5.82 Å². The summed E-state index contributed by atoms with van der Waals surface area (Å²) in [7, 11) is 0. The summed E-state index contributed by atoms with van der Waals surface area (Å²) >= 11 is 14.3. The van der Waals surface area contributed by atoms with Gasteiger partial charge in [0.1, 0.15) is 30.4 Å². The number of aromatic nitrogens is 4. The van der Waals surface area contributed by atoms with Crippen LogP contribution in [0.2, 0.25) is 5.02 Å². The van der Waals surface area contributed by atoms with Crippen LogP contribution in [0.25, 0.3) is 10.9 Å². The van der Waals surface area contributed by atoms with Crippen molar-refractivity contribution >= 4 is 75.1 Å². The Morgan fingerprint density at radius 1 is 1.24 bits per heavy atom. The van der Waals surface area contributed by atoms with Gasteiger partial charge in [0.25, 0.3) is 0 Å². The Hall–Kier alpha value is -2.80. The predicted molar refractivity (Wildman–Crippen MR) is 148 cm³/mol. The first-order chi connectivity index (χ1) is 17.8. The fourth-order valence-corrected chi connectivity index (χ4v) is 5.94. The largest absolute Gasteiger partial charge is 0.490 e. The third kappa shape index (κ3) is 7.16. The number of hydrogen-bond donors (Lipinski definition) is 1. The van der Waals surface area contributed by atoms with Gasteiger partial charge in [-0.2, -0.15) is 5.10 Å². The van der Waals surface area contributed by atoms with Crippen molar-refractivity contribution in [3.8, 4) is 11.5 Å². The van der Waals surface area contributed by atoms with E-state index in [1.165, 1.54) is 41.6 Å². The molecule has 0 radical (unpaired) electrons. The molecule has 0 saturated carbocycles. The minimum absolute atomic E-state index is 0.00655. The second-order valence-corrected chi connectivity index (χ2v) is 11.1. The highest BCUT2D eigenvalue weighted by atomic mass is 35.5. The average Bonchev–Trinajstić information content (AvgIpc) is 3.21. The van der Waals surface area contributed by atoms with Gasteiger partial charge in [-0.25, -0.2) is 19.0 Å². The van der Waals surface area contributed by atoms with E-state index in [9.17, 15) is 9.18 Å². The molecule has 13 heteroatoms. The van der Waals surface area contributed by atoms with Crippen LogP contribution >= 0.6 is 46.9 Å². The molecule has 8 nitrogen and oxygen atoms in total. The fourth-order valence-electron chi connectivity index (χ4n) is 3.27.